The quantitative estimate of drug-likeness (QED) is 0.390. The molecule has 2 heterocycles. The summed E-state index contributed by atoms with van der Waals surface area (Å²) < 4.78 is 7.15. The molecule has 0 bridgehead atoms. The average molecular weight is 408 g/mol. The van der Waals surface area contributed by atoms with Gasteiger partial charge in [0.25, 0.3) is 16.8 Å². The van der Waals surface area contributed by atoms with E-state index in [1.807, 2.05) is 0 Å². The van der Waals surface area contributed by atoms with Crippen LogP contribution in [-0.4, -0.2) is 26.9 Å². The number of nitrogens with zero attached hydrogens (tertiary/aromatic N) is 3. The minimum Gasteiger partial charge on any atom is -0.462 e. The third kappa shape index (κ3) is 2.69. The number of hydrogen-bond acceptors (Lipinski definition) is 7. The first kappa shape index (κ1) is 19.1. The number of nitro benzene ring substituents is 1. The number of nitro groups is 1. The molecule has 0 radical (unpaired) electrons. The molecule has 3 aromatic rings. The fourth-order valence-corrected chi connectivity index (χ4v) is 3.63. The van der Waals surface area contributed by atoms with E-state index in [0.717, 1.165) is 9.36 Å². The lowest BCUT2D eigenvalue weighted by Crippen LogP contribution is -2.38. The molecule has 0 saturated carbocycles. The summed E-state index contributed by atoms with van der Waals surface area (Å²) in [5.41, 5.74) is 5.20. The molecule has 2 N–H and O–H groups in total. The number of non-ortho nitro benzene ring substituents is 1. The van der Waals surface area contributed by atoms with Crippen LogP contribution < -0.4 is 16.9 Å². The number of ether oxygens (including phenoxy) is 1. The van der Waals surface area contributed by atoms with Crippen molar-refractivity contribution in [3.63, 3.8) is 0 Å². The summed E-state index contributed by atoms with van der Waals surface area (Å²) in [5.74, 6) is -0.998. The Labute approximate surface area is 168 Å². The molecule has 30 heavy (non-hydrogen) atoms. The van der Waals surface area contributed by atoms with Crippen molar-refractivity contribution in [2.24, 2.45) is 5.73 Å². The van der Waals surface area contributed by atoms with Gasteiger partial charge in [-0.25, -0.2) is 9.48 Å². The SMILES string of the molecule is CCOC(=O)C1=C(N)n2c(=O)c3ccccc3c(=O)n2C1c1ccc([N+](=O)[O-])cc1. The van der Waals surface area contributed by atoms with Gasteiger partial charge in [-0.05, 0) is 36.8 Å². The van der Waals surface area contributed by atoms with Crippen LogP contribution in [0.2, 0.25) is 0 Å². The smallest absolute Gasteiger partial charge is 0.340 e. The second-order valence-corrected chi connectivity index (χ2v) is 6.58. The van der Waals surface area contributed by atoms with Crippen molar-refractivity contribution in [3.05, 3.63) is 90.5 Å². The Morgan fingerprint density at radius 1 is 1.10 bits per heavy atom. The first-order valence-corrected chi connectivity index (χ1v) is 9.04. The lowest BCUT2D eigenvalue weighted by Gasteiger charge is -2.18. The number of rotatable bonds is 4. The molecular formula is C20H16N4O6. The van der Waals surface area contributed by atoms with Crippen LogP contribution >= 0.6 is 0 Å². The second kappa shape index (κ2) is 6.99. The molecule has 1 aromatic heterocycles. The number of esters is 1. The van der Waals surface area contributed by atoms with E-state index in [2.05, 4.69) is 0 Å². The molecular weight excluding hydrogens is 392 g/mol. The van der Waals surface area contributed by atoms with Crippen molar-refractivity contribution >= 4 is 28.3 Å². The van der Waals surface area contributed by atoms with Crippen molar-refractivity contribution < 1.29 is 14.5 Å². The van der Waals surface area contributed by atoms with Gasteiger partial charge in [-0.15, -0.1) is 0 Å². The Bertz CT molecular complexity index is 1350. The second-order valence-electron chi connectivity index (χ2n) is 6.58. The highest BCUT2D eigenvalue weighted by molar-refractivity contribution is 5.97. The normalized spacial score (nSPS) is 15.3. The first-order chi connectivity index (χ1) is 14.4. The molecule has 0 saturated heterocycles. The highest BCUT2D eigenvalue weighted by atomic mass is 16.6. The maximum atomic E-state index is 13.3. The summed E-state index contributed by atoms with van der Waals surface area (Å²) in [4.78, 5) is 49.5. The lowest BCUT2D eigenvalue weighted by molar-refractivity contribution is -0.384. The van der Waals surface area contributed by atoms with Crippen LogP contribution in [0.5, 0.6) is 0 Å². The van der Waals surface area contributed by atoms with Crippen LogP contribution in [0.25, 0.3) is 16.6 Å². The predicted octanol–water partition coefficient (Wildman–Crippen LogP) is 1.36. The van der Waals surface area contributed by atoms with Gasteiger partial charge in [0, 0.05) is 12.1 Å². The van der Waals surface area contributed by atoms with Gasteiger partial charge >= 0.3 is 5.97 Å². The summed E-state index contributed by atoms with van der Waals surface area (Å²) in [6, 6.07) is 10.5. The molecule has 0 aliphatic carbocycles. The highest BCUT2D eigenvalue weighted by Gasteiger charge is 2.39. The molecule has 10 nitrogen and oxygen atoms in total. The molecule has 0 spiro atoms. The number of carbonyl (C=O) groups is 1. The molecule has 2 aromatic carbocycles. The Morgan fingerprint density at radius 3 is 2.27 bits per heavy atom. The van der Waals surface area contributed by atoms with E-state index < -0.39 is 28.1 Å². The Balaban J connectivity index is 2.06. The number of hydrogen-bond donors (Lipinski definition) is 1. The zero-order valence-electron chi connectivity index (χ0n) is 15.8. The van der Waals surface area contributed by atoms with Gasteiger partial charge < -0.3 is 10.5 Å². The Hall–Kier alpha value is -4.21. The van der Waals surface area contributed by atoms with Crippen molar-refractivity contribution in [2.45, 2.75) is 13.0 Å². The maximum absolute atomic E-state index is 13.3. The minimum absolute atomic E-state index is 0.0602. The molecule has 10 heteroatoms. The van der Waals surface area contributed by atoms with E-state index in [9.17, 15) is 24.5 Å². The molecule has 152 valence electrons. The summed E-state index contributed by atoms with van der Waals surface area (Å²) in [7, 11) is 0. The zero-order valence-corrected chi connectivity index (χ0v) is 15.8. The van der Waals surface area contributed by atoms with Crippen LogP contribution in [0.3, 0.4) is 0 Å². The molecule has 1 atom stereocenters. The van der Waals surface area contributed by atoms with Crippen LogP contribution in [0.15, 0.2) is 63.7 Å². The third-order valence-electron chi connectivity index (χ3n) is 4.94. The van der Waals surface area contributed by atoms with Crippen molar-refractivity contribution in [2.75, 3.05) is 6.61 Å². The molecule has 4 rings (SSSR count). The minimum atomic E-state index is -1.07. The number of nitrogens with two attached hydrogens (primary N) is 1. The number of fused-ring (bicyclic) bond motifs is 2. The van der Waals surface area contributed by atoms with Gasteiger partial charge in [0.2, 0.25) is 0 Å². The van der Waals surface area contributed by atoms with Crippen LogP contribution in [0.1, 0.15) is 18.5 Å². The zero-order chi connectivity index (χ0) is 21.6. The van der Waals surface area contributed by atoms with E-state index in [1.54, 1.807) is 19.1 Å². The molecule has 1 aliphatic heterocycles. The molecule has 0 fully saturated rings. The van der Waals surface area contributed by atoms with Gasteiger partial charge in [-0.1, -0.05) is 12.1 Å². The topological polar surface area (TPSA) is 139 Å². The fraction of sp³-hybridized carbons (Fsp3) is 0.150. The molecule has 1 aliphatic rings. The van der Waals surface area contributed by atoms with Gasteiger partial charge in [0.05, 0.1) is 22.3 Å². The average Bonchev–Trinajstić information content (AvgIpc) is 3.05. The monoisotopic (exact) mass is 408 g/mol. The van der Waals surface area contributed by atoms with Crippen LogP contribution in [-0.2, 0) is 9.53 Å². The van der Waals surface area contributed by atoms with E-state index in [4.69, 9.17) is 10.5 Å². The lowest BCUT2D eigenvalue weighted by atomic mass is 9.99. The third-order valence-corrected chi connectivity index (χ3v) is 4.94. The largest absolute Gasteiger partial charge is 0.462 e. The van der Waals surface area contributed by atoms with Crippen molar-refractivity contribution in [1.82, 2.24) is 9.36 Å². The summed E-state index contributed by atoms with van der Waals surface area (Å²) >= 11 is 0. The Morgan fingerprint density at radius 2 is 1.70 bits per heavy atom. The summed E-state index contributed by atoms with van der Waals surface area (Å²) in [6.07, 6.45) is 0. The predicted molar refractivity (Wildman–Crippen MR) is 108 cm³/mol. The maximum Gasteiger partial charge on any atom is 0.340 e. The molecule has 1 unspecified atom stereocenters. The van der Waals surface area contributed by atoms with Gasteiger partial charge in [-0.2, -0.15) is 4.68 Å². The summed E-state index contributed by atoms with van der Waals surface area (Å²) in [5, 5.41) is 11.3. The molecule has 0 amide bonds. The van der Waals surface area contributed by atoms with Gasteiger partial charge in [0.1, 0.15) is 17.4 Å². The summed E-state index contributed by atoms with van der Waals surface area (Å²) in [6.45, 7) is 1.68. The number of aromatic nitrogens is 2. The van der Waals surface area contributed by atoms with Crippen molar-refractivity contribution in [1.29, 1.82) is 0 Å². The fourth-order valence-electron chi connectivity index (χ4n) is 3.63. The van der Waals surface area contributed by atoms with E-state index >= 15 is 0 Å². The van der Waals surface area contributed by atoms with Gasteiger partial charge in [0.15, 0.2) is 0 Å². The number of benzene rings is 2. The van der Waals surface area contributed by atoms with Gasteiger partial charge in [-0.3, -0.25) is 19.7 Å². The van der Waals surface area contributed by atoms with E-state index in [0.29, 0.717) is 5.56 Å². The Kier molecular flexibility index (Phi) is 4.46. The van der Waals surface area contributed by atoms with E-state index in [1.165, 1.54) is 36.4 Å². The van der Waals surface area contributed by atoms with Crippen LogP contribution in [0.4, 0.5) is 5.69 Å². The van der Waals surface area contributed by atoms with E-state index in [-0.39, 0.29) is 34.5 Å². The highest BCUT2D eigenvalue weighted by Crippen LogP contribution is 2.34. The van der Waals surface area contributed by atoms with Crippen LogP contribution in [0, 0.1) is 10.1 Å². The van der Waals surface area contributed by atoms with Crippen molar-refractivity contribution in [3.8, 4) is 0 Å². The first-order valence-electron chi connectivity index (χ1n) is 9.04. The standard InChI is InChI=1S/C20H16N4O6/c1-2-30-20(27)15-16(11-7-9-12(10-8-11)24(28)29)22-18(25)13-5-3-4-6-14(13)19(26)23(22)17(15)21/h3-10,16H,2,21H2,1H3. The number of carbonyl (C=O) groups excluding carboxylic acids is 1.